The van der Waals surface area contributed by atoms with Crippen LogP contribution in [0, 0.1) is 0 Å². The van der Waals surface area contributed by atoms with Crippen LogP contribution in [0.15, 0.2) is 35.5 Å². The molecule has 1 aromatic heterocycles. The molecule has 0 unspecified atom stereocenters. The maximum Gasteiger partial charge on any atom is 0.230 e. The minimum absolute atomic E-state index is 0.0265. The number of rotatable bonds is 6. The molecule has 1 N–H and O–H groups in total. The first-order valence-electron chi connectivity index (χ1n) is 6.98. The van der Waals surface area contributed by atoms with E-state index in [0.717, 1.165) is 23.0 Å². The van der Waals surface area contributed by atoms with E-state index in [9.17, 15) is 4.79 Å². The van der Waals surface area contributed by atoms with Crippen LogP contribution in [0.4, 0.5) is 0 Å². The molecule has 1 heterocycles. The van der Waals surface area contributed by atoms with Crippen molar-refractivity contribution in [2.45, 2.75) is 31.5 Å². The van der Waals surface area contributed by atoms with Crippen LogP contribution in [0.1, 0.15) is 20.3 Å². The van der Waals surface area contributed by atoms with Gasteiger partial charge in [0, 0.05) is 18.7 Å². The van der Waals surface area contributed by atoms with Crippen LogP contribution in [-0.2, 0) is 11.8 Å². The molecule has 0 radical (unpaired) electrons. The van der Waals surface area contributed by atoms with Gasteiger partial charge in [-0.25, -0.2) is 0 Å². The van der Waals surface area contributed by atoms with Gasteiger partial charge in [-0.2, -0.15) is 0 Å². The van der Waals surface area contributed by atoms with E-state index in [1.165, 1.54) is 11.8 Å². The summed E-state index contributed by atoms with van der Waals surface area (Å²) in [5.74, 6) is 1.18. The first-order valence-corrected chi connectivity index (χ1v) is 7.97. The normalized spacial score (nSPS) is 12.1. The Balaban J connectivity index is 2.00. The monoisotopic (exact) mass is 304 g/mol. The lowest BCUT2D eigenvalue weighted by molar-refractivity contribution is -0.119. The smallest absolute Gasteiger partial charge is 0.230 e. The van der Waals surface area contributed by atoms with E-state index in [-0.39, 0.29) is 11.9 Å². The molecule has 0 aliphatic carbocycles. The zero-order valence-electron chi connectivity index (χ0n) is 12.5. The van der Waals surface area contributed by atoms with Gasteiger partial charge in [-0.1, -0.05) is 49.0 Å². The second-order valence-electron chi connectivity index (χ2n) is 4.90. The molecule has 0 aliphatic heterocycles. The zero-order chi connectivity index (χ0) is 15.2. The quantitative estimate of drug-likeness (QED) is 0.833. The van der Waals surface area contributed by atoms with Crippen molar-refractivity contribution >= 4 is 17.7 Å². The van der Waals surface area contributed by atoms with E-state index >= 15 is 0 Å². The highest BCUT2D eigenvalue weighted by Crippen LogP contribution is 2.22. The van der Waals surface area contributed by atoms with Gasteiger partial charge in [0.15, 0.2) is 11.0 Å². The first kappa shape index (κ1) is 15.6. The van der Waals surface area contributed by atoms with E-state index in [1.54, 1.807) is 0 Å². The number of nitrogens with one attached hydrogen (secondary N) is 1. The molecule has 21 heavy (non-hydrogen) atoms. The highest BCUT2D eigenvalue weighted by Gasteiger charge is 2.13. The number of hydrogen-bond donors (Lipinski definition) is 1. The van der Waals surface area contributed by atoms with Crippen molar-refractivity contribution in [2.75, 3.05) is 5.75 Å². The lowest BCUT2D eigenvalue weighted by atomic mass is 10.2. The molecule has 0 bridgehead atoms. The van der Waals surface area contributed by atoms with Crippen molar-refractivity contribution in [2.24, 2.45) is 7.05 Å². The number of nitrogens with zero attached hydrogens (tertiary/aromatic N) is 3. The SMILES string of the molecule is CC[C@@H](C)NC(=O)CSc1nnc(-c2ccccc2)n1C. The Kier molecular flexibility index (Phi) is 5.38. The third-order valence-corrected chi connectivity index (χ3v) is 4.24. The van der Waals surface area contributed by atoms with Crippen LogP contribution in [0.3, 0.4) is 0 Å². The average molecular weight is 304 g/mol. The van der Waals surface area contributed by atoms with E-state index in [1.807, 2.05) is 55.8 Å². The molecule has 0 fully saturated rings. The standard InChI is InChI=1S/C15H20N4OS/c1-4-11(2)16-13(20)10-21-15-18-17-14(19(15)3)12-8-6-5-7-9-12/h5-9,11H,4,10H2,1-3H3,(H,16,20)/t11-/m1/s1. The Bertz CT molecular complexity index is 597. The number of aromatic nitrogens is 3. The molecule has 1 amide bonds. The predicted octanol–water partition coefficient (Wildman–Crippen LogP) is 2.49. The number of hydrogen-bond acceptors (Lipinski definition) is 4. The molecule has 0 saturated heterocycles. The lowest BCUT2D eigenvalue weighted by Gasteiger charge is -2.10. The van der Waals surface area contributed by atoms with Crippen LogP contribution < -0.4 is 5.32 Å². The summed E-state index contributed by atoms with van der Waals surface area (Å²) >= 11 is 1.40. The van der Waals surface area contributed by atoms with Gasteiger partial charge in [0.2, 0.25) is 5.91 Å². The summed E-state index contributed by atoms with van der Waals surface area (Å²) in [5, 5.41) is 12.0. The molecule has 1 atom stereocenters. The van der Waals surface area contributed by atoms with Crippen LogP contribution in [0.5, 0.6) is 0 Å². The van der Waals surface area contributed by atoms with Gasteiger partial charge in [0.25, 0.3) is 0 Å². The Morgan fingerprint density at radius 1 is 1.33 bits per heavy atom. The zero-order valence-corrected chi connectivity index (χ0v) is 13.4. The number of benzene rings is 1. The van der Waals surface area contributed by atoms with Crippen molar-refractivity contribution in [3.05, 3.63) is 30.3 Å². The minimum atomic E-state index is 0.0265. The molecule has 0 aliphatic rings. The van der Waals surface area contributed by atoms with Crippen LogP contribution in [0.25, 0.3) is 11.4 Å². The summed E-state index contributed by atoms with van der Waals surface area (Å²) in [7, 11) is 1.91. The number of thioether (sulfide) groups is 1. The summed E-state index contributed by atoms with van der Waals surface area (Å²) in [6.07, 6.45) is 0.929. The predicted molar refractivity (Wildman–Crippen MR) is 85.1 cm³/mol. The molecule has 0 spiro atoms. The molecular weight excluding hydrogens is 284 g/mol. The highest BCUT2D eigenvalue weighted by molar-refractivity contribution is 7.99. The Hall–Kier alpha value is -1.82. The third-order valence-electron chi connectivity index (χ3n) is 3.22. The van der Waals surface area contributed by atoms with Crippen LogP contribution in [-0.4, -0.2) is 32.5 Å². The molecule has 2 aromatic rings. The van der Waals surface area contributed by atoms with E-state index < -0.39 is 0 Å². The summed E-state index contributed by atoms with van der Waals surface area (Å²) in [5.41, 5.74) is 1.02. The van der Waals surface area contributed by atoms with E-state index in [0.29, 0.717) is 5.75 Å². The second kappa shape index (κ2) is 7.26. The first-order chi connectivity index (χ1) is 10.1. The molecule has 0 saturated carbocycles. The summed E-state index contributed by atoms with van der Waals surface area (Å²) in [4.78, 5) is 11.8. The fourth-order valence-electron chi connectivity index (χ4n) is 1.83. The Labute approximate surface area is 129 Å². The molecule has 2 rings (SSSR count). The second-order valence-corrected chi connectivity index (χ2v) is 5.84. The van der Waals surface area contributed by atoms with Gasteiger partial charge in [-0.05, 0) is 13.3 Å². The average Bonchev–Trinajstić information content (AvgIpc) is 2.87. The number of carbonyl (C=O) groups is 1. The third kappa shape index (κ3) is 4.07. The summed E-state index contributed by atoms with van der Waals surface area (Å²) in [6.45, 7) is 4.05. The van der Waals surface area contributed by atoms with Crippen molar-refractivity contribution < 1.29 is 4.79 Å². The van der Waals surface area contributed by atoms with Crippen molar-refractivity contribution in [1.29, 1.82) is 0 Å². The molecular formula is C15H20N4OS. The molecule has 6 heteroatoms. The Morgan fingerprint density at radius 3 is 2.71 bits per heavy atom. The topological polar surface area (TPSA) is 59.8 Å². The van der Waals surface area contributed by atoms with Gasteiger partial charge in [0.05, 0.1) is 5.75 Å². The molecule has 5 nitrogen and oxygen atoms in total. The van der Waals surface area contributed by atoms with Gasteiger partial charge >= 0.3 is 0 Å². The maximum absolute atomic E-state index is 11.8. The van der Waals surface area contributed by atoms with Gasteiger partial charge in [-0.15, -0.1) is 10.2 Å². The van der Waals surface area contributed by atoms with Crippen molar-refractivity contribution in [1.82, 2.24) is 20.1 Å². The molecule has 112 valence electrons. The maximum atomic E-state index is 11.8. The number of carbonyl (C=O) groups excluding carboxylic acids is 1. The largest absolute Gasteiger partial charge is 0.353 e. The van der Waals surface area contributed by atoms with Crippen molar-refractivity contribution in [3.63, 3.8) is 0 Å². The fraction of sp³-hybridized carbons (Fsp3) is 0.400. The van der Waals surface area contributed by atoms with E-state index in [4.69, 9.17) is 0 Å². The molecule has 1 aromatic carbocycles. The lowest BCUT2D eigenvalue weighted by Crippen LogP contribution is -2.33. The van der Waals surface area contributed by atoms with Gasteiger partial charge in [-0.3, -0.25) is 4.79 Å². The van der Waals surface area contributed by atoms with Gasteiger partial charge in [0.1, 0.15) is 0 Å². The Morgan fingerprint density at radius 2 is 2.05 bits per heavy atom. The van der Waals surface area contributed by atoms with Gasteiger partial charge < -0.3 is 9.88 Å². The van der Waals surface area contributed by atoms with Crippen LogP contribution in [0.2, 0.25) is 0 Å². The highest BCUT2D eigenvalue weighted by atomic mass is 32.2. The summed E-state index contributed by atoms with van der Waals surface area (Å²) < 4.78 is 1.91. The van der Waals surface area contributed by atoms with Crippen molar-refractivity contribution in [3.8, 4) is 11.4 Å². The summed E-state index contributed by atoms with van der Waals surface area (Å²) in [6, 6.07) is 10.1. The van der Waals surface area contributed by atoms with Crippen LogP contribution >= 0.6 is 11.8 Å². The number of amides is 1. The fourth-order valence-corrected chi connectivity index (χ4v) is 2.55. The van der Waals surface area contributed by atoms with E-state index in [2.05, 4.69) is 15.5 Å². The minimum Gasteiger partial charge on any atom is -0.353 e.